The number of carbonyl (C=O) groups is 1. The van der Waals surface area contributed by atoms with Crippen molar-refractivity contribution >= 4 is 35.8 Å². The molecule has 0 radical (unpaired) electrons. The number of nitrogens with one attached hydrogen (secondary N) is 1. The van der Waals surface area contributed by atoms with E-state index in [9.17, 15) is 4.79 Å². The van der Waals surface area contributed by atoms with E-state index in [1.54, 1.807) is 7.11 Å². The molecular weight excluding hydrogens is 483 g/mol. The number of guanidine groups is 1. The quantitative estimate of drug-likeness (QED) is 0.357. The highest BCUT2D eigenvalue weighted by atomic mass is 127. The van der Waals surface area contributed by atoms with Crippen molar-refractivity contribution in [3.05, 3.63) is 29.8 Å². The number of amides is 1. The third-order valence-corrected chi connectivity index (χ3v) is 5.25. The molecule has 2 heterocycles. The largest absolute Gasteiger partial charge is 0.497 e. The van der Waals surface area contributed by atoms with Gasteiger partial charge in [0.15, 0.2) is 5.96 Å². The Morgan fingerprint density at radius 2 is 1.90 bits per heavy atom. The van der Waals surface area contributed by atoms with Gasteiger partial charge in [0.2, 0.25) is 0 Å². The normalized spacial score (nSPS) is 19.7. The molecule has 29 heavy (non-hydrogen) atoms. The summed E-state index contributed by atoms with van der Waals surface area (Å²) in [6.45, 7) is 7.39. The van der Waals surface area contributed by atoms with Gasteiger partial charge in [0.05, 0.1) is 7.11 Å². The molecule has 0 spiro atoms. The summed E-state index contributed by atoms with van der Waals surface area (Å²) in [5.41, 5.74) is 1.24. The average Bonchev–Trinajstić information content (AvgIpc) is 3.28. The Hall–Kier alpha value is -1.55. The second-order valence-corrected chi connectivity index (χ2v) is 7.15. The summed E-state index contributed by atoms with van der Waals surface area (Å²) in [6, 6.07) is 8.12. The zero-order valence-electron chi connectivity index (χ0n) is 17.4. The van der Waals surface area contributed by atoms with Crippen molar-refractivity contribution < 1.29 is 14.3 Å². The number of rotatable bonds is 6. The molecule has 2 fully saturated rings. The molecule has 1 atom stereocenters. The molecule has 1 aromatic carbocycles. The fourth-order valence-corrected chi connectivity index (χ4v) is 3.62. The van der Waals surface area contributed by atoms with Crippen molar-refractivity contribution in [2.24, 2.45) is 4.99 Å². The highest BCUT2D eigenvalue weighted by Gasteiger charge is 2.30. The highest BCUT2D eigenvalue weighted by molar-refractivity contribution is 14.0. The fraction of sp³-hybridized carbons (Fsp3) is 0.619. The lowest BCUT2D eigenvalue weighted by molar-refractivity contribution is -0.142. The van der Waals surface area contributed by atoms with Gasteiger partial charge in [0.1, 0.15) is 11.9 Å². The number of hydrogen-bond acceptors (Lipinski definition) is 4. The van der Waals surface area contributed by atoms with E-state index in [1.807, 2.05) is 17.0 Å². The lowest BCUT2D eigenvalue weighted by Gasteiger charge is -2.37. The van der Waals surface area contributed by atoms with Crippen LogP contribution in [0.5, 0.6) is 5.75 Å². The molecule has 2 aliphatic heterocycles. The van der Waals surface area contributed by atoms with Gasteiger partial charge < -0.3 is 24.6 Å². The fourth-order valence-electron chi connectivity index (χ4n) is 3.62. The third-order valence-electron chi connectivity index (χ3n) is 5.25. The predicted octanol–water partition coefficient (Wildman–Crippen LogP) is 2.14. The first kappa shape index (κ1) is 23.7. The number of methoxy groups -OCH3 is 1. The van der Waals surface area contributed by atoms with Crippen molar-refractivity contribution in [1.29, 1.82) is 0 Å². The van der Waals surface area contributed by atoms with E-state index in [2.05, 4.69) is 29.3 Å². The molecule has 2 saturated heterocycles. The number of halogens is 1. The molecule has 1 unspecified atom stereocenters. The summed E-state index contributed by atoms with van der Waals surface area (Å²) in [7, 11) is 1.68. The molecule has 2 aliphatic rings. The third kappa shape index (κ3) is 6.74. The van der Waals surface area contributed by atoms with Gasteiger partial charge in [0.25, 0.3) is 5.91 Å². The molecule has 0 bridgehead atoms. The van der Waals surface area contributed by atoms with Crippen LogP contribution < -0.4 is 10.1 Å². The van der Waals surface area contributed by atoms with Gasteiger partial charge >= 0.3 is 0 Å². The van der Waals surface area contributed by atoms with Crippen LogP contribution in [0.3, 0.4) is 0 Å². The van der Waals surface area contributed by atoms with Gasteiger partial charge in [-0.1, -0.05) is 12.1 Å². The molecule has 0 aromatic heterocycles. The summed E-state index contributed by atoms with van der Waals surface area (Å²) in [4.78, 5) is 21.5. The number of ether oxygens (including phenoxy) is 2. The maximum Gasteiger partial charge on any atom is 0.251 e. The smallest absolute Gasteiger partial charge is 0.251 e. The summed E-state index contributed by atoms with van der Waals surface area (Å²) >= 11 is 0. The van der Waals surface area contributed by atoms with E-state index in [0.29, 0.717) is 6.61 Å². The topological polar surface area (TPSA) is 66.4 Å². The summed E-state index contributed by atoms with van der Waals surface area (Å²) in [6.07, 6.45) is 2.50. The van der Waals surface area contributed by atoms with E-state index in [4.69, 9.17) is 14.5 Å². The van der Waals surface area contributed by atoms with Gasteiger partial charge in [-0.2, -0.15) is 0 Å². The number of hydrogen-bond donors (Lipinski definition) is 1. The minimum atomic E-state index is -0.224. The zero-order chi connectivity index (χ0) is 19.8. The van der Waals surface area contributed by atoms with Crippen molar-refractivity contribution in [2.45, 2.75) is 32.3 Å². The summed E-state index contributed by atoms with van der Waals surface area (Å²) in [5, 5.41) is 3.38. The Balaban J connectivity index is 0.00000300. The van der Waals surface area contributed by atoms with Gasteiger partial charge in [0, 0.05) is 45.9 Å². The Morgan fingerprint density at radius 1 is 1.21 bits per heavy atom. The molecule has 1 aromatic rings. The van der Waals surface area contributed by atoms with Crippen LogP contribution >= 0.6 is 24.0 Å². The summed E-state index contributed by atoms with van der Waals surface area (Å²) in [5.74, 6) is 1.95. The molecular formula is C21H33IN4O3. The second kappa shape index (κ2) is 12.2. The van der Waals surface area contributed by atoms with Crippen LogP contribution in [0, 0.1) is 0 Å². The Kier molecular flexibility index (Phi) is 9.99. The number of aliphatic imine (C=N–C) groups is 1. The maximum atomic E-state index is 12.5. The van der Waals surface area contributed by atoms with Crippen molar-refractivity contribution in [1.82, 2.24) is 15.1 Å². The molecule has 1 amide bonds. The van der Waals surface area contributed by atoms with E-state index >= 15 is 0 Å². The highest BCUT2D eigenvalue weighted by Crippen LogP contribution is 2.16. The van der Waals surface area contributed by atoms with Crippen LogP contribution in [0.4, 0.5) is 0 Å². The zero-order valence-corrected chi connectivity index (χ0v) is 19.8. The van der Waals surface area contributed by atoms with E-state index < -0.39 is 0 Å². The Bertz CT molecular complexity index is 654. The standard InChI is InChI=1S/C21H32N4O3.HI/c1-3-22-21(23-11-10-17-6-8-18(27-2)9-7-17)25-14-12-24(13-15-25)20(26)19-5-4-16-28-19;/h6-9,19H,3-5,10-16H2,1-2H3,(H,22,23);1H. The first-order valence-corrected chi connectivity index (χ1v) is 10.3. The number of carbonyl (C=O) groups excluding carboxylic acids is 1. The molecule has 7 nitrogen and oxygen atoms in total. The molecule has 0 aliphatic carbocycles. The minimum Gasteiger partial charge on any atom is -0.497 e. The van der Waals surface area contributed by atoms with Crippen LogP contribution in [-0.4, -0.2) is 80.8 Å². The van der Waals surface area contributed by atoms with Gasteiger partial charge in [-0.3, -0.25) is 9.79 Å². The van der Waals surface area contributed by atoms with Crippen LogP contribution in [0.2, 0.25) is 0 Å². The van der Waals surface area contributed by atoms with Gasteiger partial charge in [-0.15, -0.1) is 24.0 Å². The van der Waals surface area contributed by atoms with E-state index in [1.165, 1.54) is 5.56 Å². The van der Waals surface area contributed by atoms with E-state index in [0.717, 1.165) is 70.2 Å². The van der Waals surface area contributed by atoms with Gasteiger partial charge in [-0.25, -0.2) is 0 Å². The van der Waals surface area contributed by atoms with Gasteiger partial charge in [-0.05, 0) is 43.9 Å². The molecule has 0 saturated carbocycles. The predicted molar refractivity (Wildman–Crippen MR) is 125 cm³/mol. The number of piperazine rings is 1. The van der Waals surface area contributed by atoms with E-state index in [-0.39, 0.29) is 36.0 Å². The Labute approximate surface area is 190 Å². The molecule has 3 rings (SSSR count). The Morgan fingerprint density at radius 3 is 2.48 bits per heavy atom. The lowest BCUT2D eigenvalue weighted by Crippen LogP contribution is -2.55. The second-order valence-electron chi connectivity index (χ2n) is 7.15. The van der Waals surface area contributed by atoms with Crippen molar-refractivity contribution in [3.63, 3.8) is 0 Å². The lowest BCUT2D eigenvalue weighted by atomic mass is 10.1. The van der Waals surface area contributed by atoms with Crippen LogP contribution in [0.15, 0.2) is 29.3 Å². The first-order chi connectivity index (χ1) is 13.7. The SMILES string of the molecule is CCNC(=NCCc1ccc(OC)cc1)N1CCN(C(=O)C2CCCO2)CC1.I. The average molecular weight is 516 g/mol. The van der Waals surface area contributed by atoms with Crippen molar-refractivity contribution in [2.75, 3.05) is 53.0 Å². The summed E-state index contributed by atoms with van der Waals surface area (Å²) < 4.78 is 10.7. The number of nitrogens with zero attached hydrogens (tertiary/aromatic N) is 3. The number of benzene rings is 1. The molecule has 1 N–H and O–H groups in total. The monoisotopic (exact) mass is 516 g/mol. The molecule has 162 valence electrons. The molecule has 8 heteroatoms. The maximum absolute atomic E-state index is 12.5. The van der Waals surface area contributed by atoms with Crippen LogP contribution in [0.25, 0.3) is 0 Å². The first-order valence-electron chi connectivity index (χ1n) is 10.3. The van der Waals surface area contributed by atoms with Crippen LogP contribution in [0.1, 0.15) is 25.3 Å². The minimum absolute atomic E-state index is 0. The van der Waals surface area contributed by atoms with Crippen molar-refractivity contribution in [3.8, 4) is 5.75 Å². The van der Waals surface area contributed by atoms with Crippen LogP contribution in [-0.2, 0) is 16.0 Å².